The number of fused-ring (bicyclic) bond motifs is 2. The summed E-state index contributed by atoms with van der Waals surface area (Å²) in [6.07, 6.45) is 1.27. The molecule has 1 fully saturated rings. The van der Waals surface area contributed by atoms with Gasteiger partial charge in [-0.2, -0.15) is 0 Å². The number of carbonyl (C=O) groups excluding carboxylic acids is 4. The Hall–Kier alpha value is -3.28. The van der Waals surface area contributed by atoms with Gasteiger partial charge in [-0.3, -0.25) is 19.2 Å². The second-order valence-electron chi connectivity index (χ2n) is 8.04. The molecule has 2 aromatic rings. The number of piperidine rings is 1. The molecule has 0 atom stereocenters. The zero-order valence-corrected chi connectivity index (χ0v) is 17.9. The lowest BCUT2D eigenvalue weighted by Crippen LogP contribution is -2.44. The van der Waals surface area contributed by atoms with Crippen LogP contribution in [-0.2, 0) is 4.79 Å². The molecule has 2 aromatic carbocycles. The topological polar surface area (TPSA) is 74.8 Å². The Labute approximate surface area is 181 Å². The summed E-state index contributed by atoms with van der Waals surface area (Å²) >= 11 is 0. The van der Waals surface area contributed by atoms with Crippen LogP contribution in [0.1, 0.15) is 68.9 Å². The Morgan fingerprint density at radius 3 is 2.00 bits per heavy atom. The number of carbonyl (C=O) groups is 4. The molecule has 1 saturated heterocycles. The summed E-state index contributed by atoms with van der Waals surface area (Å²) < 4.78 is 0. The highest BCUT2D eigenvalue weighted by Crippen LogP contribution is 2.29. The van der Waals surface area contributed by atoms with Gasteiger partial charge in [0, 0.05) is 59.9 Å². The van der Waals surface area contributed by atoms with E-state index in [1.54, 1.807) is 47.4 Å². The summed E-state index contributed by atoms with van der Waals surface area (Å²) in [5, 5.41) is 0. The van der Waals surface area contributed by atoms with Gasteiger partial charge in [-0.1, -0.05) is 24.3 Å². The minimum Gasteiger partial charge on any atom is -0.343 e. The Morgan fingerprint density at radius 1 is 0.871 bits per heavy atom. The maximum atomic E-state index is 13.1. The van der Waals surface area contributed by atoms with Crippen LogP contribution in [0.25, 0.3) is 0 Å². The molecule has 6 heteroatoms. The van der Waals surface area contributed by atoms with Crippen LogP contribution >= 0.6 is 0 Å². The third kappa shape index (κ3) is 3.67. The van der Waals surface area contributed by atoms with E-state index in [4.69, 9.17) is 0 Å². The summed E-state index contributed by atoms with van der Waals surface area (Å²) in [6.45, 7) is 6.34. The fraction of sp³-hybridized carbons (Fsp3) is 0.360. The fourth-order valence-electron chi connectivity index (χ4n) is 4.54. The van der Waals surface area contributed by atoms with E-state index in [-0.39, 0.29) is 34.9 Å². The van der Waals surface area contributed by atoms with Crippen LogP contribution in [0.3, 0.4) is 0 Å². The number of hydrogen-bond acceptors (Lipinski definition) is 4. The molecule has 1 aliphatic heterocycles. The van der Waals surface area contributed by atoms with Gasteiger partial charge in [-0.15, -0.1) is 0 Å². The zero-order valence-electron chi connectivity index (χ0n) is 17.9. The number of likely N-dealkylation sites (tertiary alicyclic amines) is 1. The van der Waals surface area contributed by atoms with Crippen molar-refractivity contribution in [3.8, 4) is 0 Å². The fourth-order valence-corrected chi connectivity index (χ4v) is 4.54. The van der Waals surface area contributed by atoms with Crippen LogP contribution in [-0.4, -0.2) is 59.4 Å². The van der Waals surface area contributed by atoms with E-state index in [2.05, 4.69) is 0 Å². The predicted molar refractivity (Wildman–Crippen MR) is 116 cm³/mol. The van der Waals surface area contributed by atoms with Gasteiger partial charge in [0.2, 0.25) is 5.91 Å². The predicted octanol–water partition coefficient (Wildman–Crippen LogP) is 3.18. The molecule has 0 unspecified atom stereocenters. The van der Waals surface area contributed by atoms with E-state index >= 15 is 0 Å². The summed E-state index contributed by atoms with van der Waals surface area (Å²) in [5.41, 5.74) is 1.79. The molecular weight excluding hydrogens is 392 g/mol. The van der Waals surface area contributed by atoms with E-state index in [0.717, 1.165) is 0 Å². The molecule has 0 aromatic heterocycles. The molecule has 0 radical (unpaired) electrons. The van der Waals surface area contributed by atoms with E-state index in [0.29, 0.717) is 61.3 Å². The van der Waals surface area contributed by atoms with Crippen LogP contribution in [0.2, 0.25) is 0 Å². The molecule has 2 aliphatic rings. The van der Waals surface area contributed by atoms with Crippen molar-refractivity contribution in [2.45, 2.75) is 26.7 Å². The van der Waals surface area contributed by atoms with Crippen molar-refractivity contribution in [2.75, 3.05) is 26.2 Å². The van der Waals surface area contributed by atoms with Gasteiger partial charge in [0.1, 0.15) is 0 Å². The Kier molecular flexibility index (Phi) is 5.72. The van der Waals surface area contributed by atoms with Crippen molar-refractivity contribution in [1.82, 2.24) is 9.80 Å². The van der Waals surface area contributed by atoms with Crippen molar-refractivity contribution in [3.05, 3.63) is 70.3 Å². The lowest BCUT2D eigenvalue weighted by molar-refractivity contribution is -0.136. The molecule has 1 aliphatic carbocycles. The van der Waals surface area contributed by atoms with Crippen molar-refractivity contribution < 1.29 is 19.2 Å². The lowest BCUT2D eigenvalue weighted by atomic mass is 9.83. The first kappa shape index (κ1) is 21.0. The molecule has 2 amide bonds. The Bertz CT molecular complexity index is 1060. The first-order chi connectivity index (χ1) is 15.0. The van der Waals surface area contributed by atoms with Crippen molar-refractivity contribution in [1.29, 1.82) is 0 Å². The second-order valence-corrected chi connectivity index (χ2v) is 8.04. The highest BCUT2D eigenvalue weighted by atomic mass is 16.2. The standard InChI is InChI=1S/C25H26N2O4/c1-3-26(4-2)24(30)16-11-13-27(14-12-16)25(31)17-9-10-20-21(15-17)23(29)19-8-6-5-7-18(19)22(20)28/h5-10,15-16H,3-4,11-14H2,1-2H3. The third-order valence-corrected chi connectivity index (χ3v) is 6.38. The van der Waals surface area contributed by atoms with Gasteiger partial charge in [-0.25, -0.2) is 0 Å². The van der Waals surface area contributed by atoms with E-state index in [1.165, 1.54) is 0 Å². The molecule has 0 bridgehead atoms. The first-order valence-corrected chi connectivity index (χ1v) is 10.9. The van der Waals surface area contributed by atoms with Gasteiger partial charge >= 0.3 is 0 Å². The number of benzene rings is 2. The highest BCUT2D eigenvalue weighted by Gasteiger charge is 2.32. The summed E-state index contributed by atoms with van der Waals surface area (Å²) in [5.74, 6) is -0.490. The largest absolute Gasteiger partial charge is 0.343 e. The summed E-state index contributed by atoms with van der Waals surface area (Å²) in [6, 6.07) is 11.5. The van der Waals surface area contributed by atoms with Crippen LogP contribution in [0.4, 0.5) is 0 Å². The number of nitrogens with zero attached hydrogens (tertiary/aromatic N) is 2. The molecule has 31 heavy (non-hydrogen) atoms. The molecule has 160 valence electrons. The maximum Gasteiger partial charge on any atom is 0.253 e. The van der Waals surface area contributed by atoms with Gasteiger partial charge in [0.05, 0.1) is 0 Å². The first-order valence-electron chi connectivity index (χ1n) is 10.9. The van der Waals surface area contributed by atoms with Gasteiger partial charge in [-0.05, 0) is 44.9 Å². The minimum absolute atomic E-state index is 0.0526. The van der Waals surface area contributed by atoms with E-state index in [1.807, 2.05) is 18.7 Å². The molecule has 1 heterocycles. The molecular formula is C25H26N2O4. The summed E-state index contributed by atoms with van der Waals surface area (Å²) in [7, 11) is 0. The number of amides is 2. The summed E-state index contributed by atoms with van der Waals surface area (Å²) in [4.78, 5) is 54.9. The minimum atomic E-state index is -0.233. The molecule has 6 nitrogen and oxygen atoms in total. The Balaban J connectivity index is 1.51. The van der Waals surface area contributed by atoms with Crippen LogP contribution in [0.5, 0.6) is 0 Å². The van der Waals surface area contributed by atoms with Crippen LogP contribution < -0.4 is 0 Å². The van der Waals surface area contributed by atoms with E-state index in [9.17, 15) is 19.2 Å². The molecule has 0 saturated carbocycles. The molecule has 0 N–H and O–H groups in total. The quantitative estimate of drug-likeness (QED) is 0.652. The monoisotopic (exact) mass is 418 g/mol. The number of rotatable bonds is 4. The molecule has 0 spiro atoms. The van der Waals surface area contributed by atoms with Gasteiger partial charge < -0.3 is 9.80 Å². The normalized spacial score (nSPS) is 16.0. The maximum absolute atomic E-state index is 13.1. The zero-order chi connectivity index (χ0) is 22.1. The highest BCUT2D eigenvalue weighted by molar-refractivity contribution is 6.28. The third-order valence-electron chi connectivity index (χ3n) is 6.38. The second kappa shape index (κ2) is 8.46. The van der Waals surface area contributed by atoms with Crippen molar-refractivity contribution in [2.24, 2.45) is 5.92 Å². The van der Waals surface area contributed by atoms with Crippen molar-refractivity contribution >= 4 is 23.4 Å². The molecule has 4 rings (SSSR count). The lowest BCUT2D eigenvalue weighted by Gasteiger charge is -2.34. The smallest absolute Gasteiger partial charge is 0.253 e. The Morgan fingerprint density at radius 2 is 1.42 bits per heavy atom. The number of ketones is 2. The van der Waals surface area contributed by atoms with Crippen molar-refractivity contribution in [3.63, 3.8) is 0 Å². The van der Waals surface area contributed by atoms with Crippen LogP contribution in [0.15, 0.2) is 42.5 Å². The van der Waals surface area contributed by atoms with E-state index < -0.39 is 0 Å². The van der Waals surface area contributed by atoms with Gasteiger partial charge in [0.25, 0.3) is 5.91 Å². The SMILES string of the molecule is CCN(CC)C(=O)C1CCN(C(=O)c2ccc3c(c2)C(=O)c2ccccc2C3=O)CC1. The average molecular weight is 418 g/mol. The van der Waals surface area contributed by atoms with Gasteiger partial charge in [0.15, 0.2) is 11.6 Å². The average Bonchev–Trinajstić information content (AvgIpc) is 2.82. The van der Waals surface area contributed by atoms with Crippen LogP contribution in [0, 0.1) is 5.92 Å². The number of hydrogen-bond donors (Lipinski definition) is 0.